The van der Waals surface area contributed by atoms with Gasteiger partial charge in [0.25, 0.3) is 0 Å². The van der Waals surface area contributed by atoms with Crippen LogP contribution in [0.4, 0.5) is 0 Å². The molecule has 3 heteroatoms. The van der Waals surface area contributed by atoms with E-state index in [2.05, 4.69) is 26.6 Å². The molecule has 0 fully saturated rings. The third-order valence-corrected chi connectivity index (χ3v) is 3.44. The lowest BCUT2D eigenvalue weighted by molar-refractivity contribution is 0.476. The molecule has 0 bridgehead atoms. The van der Waals surface area contributed by atoms with Crippen molar-refractivity contribution in [3.05, 3.63) is 28.4 Å². The monoisotopic (exact) mass is 251 g/mol. The van der Waals surface area contributed by atoms with Crippen molar-refractivity contribution in [1.29, 1.82) is 0 Å². The predicted molar refractivity (Wildman–Crippen MR) is 59.6 cm³/mol. The first kappa shape index (κ1) is 8.36. The van der Waals surface area contributed by atoms with Gasteiger partial charge in [-0.05, 0) is 47.0 Å². The number of phenolic OH excluding ortho intramolecular Hbond substituents is 1. The molecular weight excluding hydrogens is 242 g/mol. The molecule has 0 atom stereocenters. The Labute approximate surface area is 90.3 Å². The summed E-state index contributed by atoms with van der Waals surface area (Å²) < 4.78 is 3.32. The molecule has 0 unspecified atom stereocenters. The van der Waals surface area contributed by atoms with Crippen LogP contribution in [0.25, 0.3) is 10.9 Å². The molecule has 1 aromatic heterocycles. The van der Waals surface area contributed by atoms with Gasteiger partial charge in [-0.2, -0.15) is 0 Å². The summed E-state index contributed by atoms with van der Waals surface area (Å²) in [7, 11) is 0. The highest BCUT2D eigenvalue weighted by molar-refractivity contribution is 9.10. The van der Waals surface area contributed by atoms with Gasteiger partial charge in [-0.25, -0.2) is 0 Å². The highest BCUT2D eigenvalue weighted by Gasteiger charge is 2.16. The lowest BCUT2D eigenvalue weighted by Gasteiger charge is -2.03. The molecule has 72 valence electrons. The van der Waals surface area contributed by atoms with Gasteiger partial charge in [0.05, 0.1) is 5.52 Å². The van der Waals surface area contributed by atoms with E-state index in [1.807, 2.05) is 6.07 Å². The Morgan fingerprint density at radius 2 is 2.14 bits per heavy atom. The van der Waals surface area contributed by atoms with Crippen LogP contribution in [0, 0.1) is 0 Å². The maximum absolute atomic E-state index is 9.46. The van der Waals surface area contributed by atoms with Gasteiger partial charge < -0.3 is 9.67 Å². The molecule has 2 heterocycles. The van der Waals surface area contributed by atoms with Crippen molar-refractivity contribution >= 4 is 26.8 Å². The number of halogens is 1. The van der Waals surface area contributed by atoms with Gasteiger partial charge in [0, 0.05) is 22.1 Å². The summed E-state index contributed by atoms with van der Waals surface area (Å²) in [5.41, 5.74) is 2.60. The number of benzene rings is 1. The highest BCUT2D eigenvalue weighted by Crippen LogP contribution is 2.34. The number of hydrogen-bond donors (Lipinski definition) is 1. The standard InChI is InChI=1S/C11H10BrNO/c12-10-6-9(14)5-7-4-8-2-1-3-13(8)11(7)10/h4-6,14H,1-3H2. The van der Waals surface area contributed by atoms with Crippen molar-refractivity contribution in [3.63, 3.8) is 0 Å². The Morgan fingerprint density at radius 3 is 3.00 bits per heavy atom. The third-order valence-electron chi connectivity index (χ3n) is 2.83. The number of aromatic nitrogens is 1. The van der Waals surface area contributed by atoms with Crippen molar-refractivity contribution in [1.82, 2.24) is 4.57 Å². The van der Waals surface area contributed by atoms with Gasteiger partial charge in [0.1, 0.15) is 5.75 Å². The van der Waals surface area contributed by atoms with Gasteiger partial charge in [0.15, 0.2) is 0 Å². The fourth-order valence-electron chi connectivity index (χ4n) is 2.28. The van der Waals surface area contributed by atoms with Crippen LogP contribution < -0.4 is 0 Å². The zero-order valence-electron chi connectivity index (χ0n) is 7.63. The van der Waals surface area contributed by atoms with Gasteiger partial charge >= 0.3 is 0 Å². The van der Waals surface area contributed by atoms with Crippen molar-refractivity contribution in [2.24, 2.45) is 0 Å². The average molecular weight is 252 g/mol. The summed E-state index contributed by atoms with van der Waals surface area (Å²) in [4.78, 5) is 0. The molecule has 1 aliphatic rings. The molecule has 0 amide bonds. The van der Waals surface area contributed by atoms with E-state index in [0.717, 1.165) is 22.8 Å². The smallest absolute Gasteiger partial charge is 0.117 e. The molecule has 0 saturated carbocycles. The Hall–Kier alpha value is -0.960. The second-order valence-corrected chi connectivity index (χ2v) is 4.61. The normalized spacial score (nSPS) is 14.9. The van der Waals surface area contributed by atoms with E-state index in [-0.39, 0.29) is 0 Å². The lowest BCUT2D eigenvalue weighted by atomic mass is 10.2. The minimum atomic E-state index is 0.327. The average Bonchev–Trinajstić information content (AvgIpc) is 2.60. The van der Waals surface area contributed by atoms with Gasteiger partial charge in [-0.15, -0.1) is 0 Å². The number of fused-ring (bicyclic) bond motifs is 3. The van der Waals surface area contributed by atoms with E-state index in [4.69, 9.17) is 0 Å². The number of nitrogens with zero attached hydrogens (tertiary/aromatic N) is 1. The molecule has 0 aliphatic carbocycles. The molecule has 0 radical (unpaired) electrons. The van der Waals surface area contributed by atoms with E-state index >= 15 is 0 Å². The van der Waals surface area contributed by atoms with Crippen LogP contribution in [-0.2, 0) is 13.0 Å². The van der Waals surface area contributed by atoms with Crippen LogP contribution in [0.1, 0.15) is 12.1 Å². The number of aryl methyl sites for hydroxylation is 2. The third kappa shape index (κ3) is 1.02. The second kappa shape index (κ2) is 2.76. The van der Waals surface area contributed by atoms with E-state index in [1.165, 1.54) is 17.6 Å². The summed E-state index contributed by atoms with van der Waals surface area (Å²) in [5.74, 6) is 0.327. The SMILES string of the molecule is Oc1cc(Br)c2c(c1)cc1n2CCC1. The Kier molecular flexibility index (Phi) is 1.65. The maximum atomic E-state index is 9.46. The molecule has 3 rings (SSSR count). The van der Waals surface area contributed by atoms with Crippen molar-refractivity contribution in [2.45, 2.75) is 19.4 Å². The zero-order valence-corrected chi connectivity index (χ0v) is 9.21. The molecule has 2 nitrogen and oxygen atoms in total. The fourth-order valence-corrected chi connectivity index (χ4v) is 2.96. The van der Waals surface area contributed by atoms with Crippen LogP contribution >= 0.6 is 15.9 Å². The second-order valence-electron chi connectivity index (χ2n) is 3.76. The van der Waals surface area contributed by atoms with E-state index < -0.39 is 0 Å². The Morgan fingerprint density at radius 1 is 1.29 bits per heavy atom. The summed E-state index contributed by atoms with van der Waals surface area (Å²) in [6, 6.07) is 5.76. The van der Waals surface area contributed by atoms with Crippen LogP contribution in [0.5, 0.6) is 5.75 Å². The molecule has 1 N–H and O–H groups in total. The highest BCUT2D eigenvalue weighted by atomic mass is 79.9. The topological polar surface area (TPSA) is 25.2 Å². The summed E-state index contributed by atoms with van der Waals surface area (Å²) >= 11 is 3.50. The summed E-state index contributed by atoms with van der Waals surface area (Å²) in [6.07, 6.45) is 2.39. The van der Waals surface area contributed by atoms with E-state index in [9.17, 15) is 5.11 Å². The molecule has 1 aliphatic heterocycles. The van der Waals surface area contributed by atoms with Crippen molar-refractivity contribution in [3.8, 4) is 5.75 Å². The number of rotatable bonds is 0. The van der Waals surface area contributed by atoms with Crippen LogP contribution in [0.15, 0.2) is 22.7 Å². The molecule has 0 spiro atoms. The van der Waals surface area contributed by atoms with Crippen LogP contribution in [-0.4, -0.2) is 9.67 Å². The lowest BCUT2D eigenvalue weighted by Crippen LogP contribution is -1.91. The molecule has 0 saturated heterocycles. The minimum absolute atomic E-state index is 0.327. The summed E-state index contributed by atoms with van der Waals surface area (Å²) in [5, 5.41) is 10.6. The van der Waals surface area contributed by atoms with E-state index in [1.54, 1.807) is 6.07 Å². The fraction of sp³-hybridized carbons (Fsp3) is 0.273. The molecule has 14 heavy (non-hydrogen) atoms. The molecule has 2 aromatic rings. The maximum Gasteiger partial charge on any atom is 0.117 e. The van der Waals surface area contributed by atoms with Gasteiger partial charge in [0.2, 0.25) is 0 Å². The predicted octanol–water partition coefficient (Wildman–Crippen LogP) is 3.06. The zero-order chi connectivity index (χ0) is 9.71. The number of hydrogen-bond acceptors (Lipinski definition) is 1. The van der Waals surface area contributed by atoms with Crippen LogP contribution in [0.2, 0.25) is 0 Å². The molecule has 1 aromatic carbocycles. The first-order valence-corrected chi connectivity index (χ1v) is 5.55. The van der Waals surface area contributed by atoms with Gasteiger partial charge in [-0.1, -0.05) is 0 Å². The first-order valence-electron chi connectivity index (χ1n) is 4.76. The Balaban J connectivity index is 2.43. The van der Waals surface area contributed by atoms with Crippen LogP contribution in [0.3, 0.4) is 0 Å². The minimum Gasteiger partial charge on any atom is -0.508 e. The first-order chi connectivity index (χ1) is 6.75. The van der Waals surface area contributed by atoms with Crippen molar-refractivity contribution in [2.75, 3.05) is 0 Å². The quantitative estimate of drug-likeness (QED) is 0.765. The van der Waals surface area contributed by atoms with Crippen molar-refractivity contribution < 1.29 is 5.11 Å². The largest absolute Gasteiger partial charge is 0.508 e. The summed E-state index contributed by atoms with van der Waals surface area (Å²) in [6.45, 7) is 1.10. The number of phenols is 1. The Bertz CT molecular complexity index is 515. The number of aromatic hydroxyl groups is 1. The van der Waals surface area contributed by atoms with E-state index in [0.29, 0.717) is 5.75 Å². The molecular formula is C11H10BrNO. The van der Waals surface area contributed by atoms with Gasteiger partial charge in [-0.3, -0.25) is 0 Å².